The molecular weight excluding hydrogens is 359 g/mol. The number of aromatic nitrogens is 1. The van der Waals surface area contributed by atoms with E-state index in [1.54, 1.807) is 12.3 Å². The van der Waals surface area contributed by atoms with Crippen LogP contribution >= 0.6 is 0 Å². The number of carbonyl (C=O) groups is 1. The standard InChI is InChI=1S/C19H16F3N3O2/c20-19(21,22)14-3-5-15(6-4-14)25-18(26)24-10-11-27-16-7-8-17-13(12-16)2-1-9-23-17/h1-9,12H,10-11H2,(H2,24,25,26). The summed E-state index contributed by atoms with van der Waals surface area (Å²) in [5.74, 6) is 0.653. The van der Waals surface area contributed by atoms with Crippen LogP contribution in [0, 0.1) is 0 Å². The quantitative estimate of drug-likeness (QED) is 0.648. The minimum atomic E-state index is -4.41. The van der Waals surface area contributed by atoms with Crippen LogP contribution in [0.25, 0.3) is 10.9 Å². The van der Waals surface area contributed by atoms with E-state index in [1.807, 2.05) is 24.3 Å². The van der Waals surface area contributed by atoms with Gasteiger partial charge in [0.25, 0.3) is 0 Å². The minimum absolute atomic E-state index is 0.234. The Bertz CT molecular complexity index is 927. The molecule has 8 heteroatoms. The molecule has 0 fully saturated rings. The number of benzene rings is 2. The molecule has 0 spiro atoms. The fraction of sp³-hybridized carbons (Fsp3) is 0.158. The van der Waals surface area contributed by atoms with Crippen molar-refractivity contribution in [2.24, 2.45) is 0 Å². The lowest BCUT2D eigenvalue weighted by atomic mass is 10.2. The number of urea groups is 1. The Labute approximate surface area is 153 Å². The lowest BCUT2D eigenvalue weighted by molar-refractivity contribution is -0.137. The first-order chi connectivity index (χ1) is 12.9. The van der Waals surface area contributed by atoms with Gasteiger partial charge in [0.1, 0.15) is 12.4 Å². The Hall–Kier alpha value is -3.29. The SMILES string of the molecule is O=C(NCCOc1ccc2ncccc2c1)Nc1ccc(C(F)(F)F)cc1. The van der Waals surface area contributed by atoms with E-state index >= 15 is 0 Å². The summed E-state index contributed by atoms with van der Waals surface area (Å²) in [6.45, 7) is 0.476. The molecule has 2 aromatic carbocycles. The summed E-state index contributed by atoms with van der Waals surface area (Å²) in [5, 5.41) is 5.98. The third-order valence-corrected chi connectivity index (χ3v) is 3.70. The predicted octanol–water partition coefficient (Wildman–Crippen LogP) is 4.45. The first-order valence-electron chi connectivity index (χ1n) is 8.11. The predicted molar refractivity (Wildman–Crippen MR) is 95.7 cm³/mol. The smallest absolute Gasteiger partial charge is 0.416 e. The number of anilines is 1. The van der Waals surface area contributed by atoms with E-state index < -0.39 is 17.8 Å². The van der Waals surface area contributed by atoms with Crippen molar-refractivity contribution in [2.75, 3.05) is 18.5 Å². The number of hydrogen-bond acceptors (Lipinski definition) is 3. The molecule has 0 saturated heterocycles. The van der Waals surface area contributed by atoms with Gasteiger partial charge in [0, 0.05) is 17.3 Å². The van der Waals surface area contributed by atoms with Gasteiger partial charge in [0.2, 0.25) is 0 Å². The summed E-state index contributed by atoms with van der Waals surface area (Å²) >= 11 is 0. The van der Waals surface area contributed by atoms with Gasteiger partial charge in [0.05, 0.1) is 17.6 Å². The van der Waals surface area contributed by atoms with Crippen LogP contribution in [0.5, 0.6) is 5.75 Å². The van der Waals surface area contributed by atoms with Crippen LogP contribution in [0.2, 0.25) is 0 Å². The highest BCUT2D eigenvalue weighted by molar-refractivity contribution is 5.89. The Balaban J connectivity index is 1.44. The average molecular weight is 375 g/mol. The van der Waals surface area contributed by atoms with E-state index in [0.29, 0.717) is 5.75 Å². The number of alkyl halides is 3. The molecule has 0 saturated carbocycles. The van der Waals surface area contributed by atoms with Gasteiger partial charge in [-0.2, -0.15) is 13.2 Å². The second kappa shape index (κ2) is 7.94. The summed E-state index contributed by atoms with van der Waals surface area (Å²) in [7, 11) is 0. The van der Waals surface area contributed by atoms with Crippen LogP contribution in [-0.4, -0.2) is 24.2 Å². The number of carbonyl (C=O) groups excluding carboxylic acids is 1. The molecule has 2 N–H and O–H groups in total. The van der Waals surface area contributed by atoms with Crippen LogP contribution in [-0.2, 0) is 6.18 Å². The van der Waals surface area contributed by atoms with Crippen LogP contribution in [0.3, 0.4) is 0 Å². The van der Waals surface area contributed by atoms with E-state index in [-0.39, 0.29) is 18.8 Å². The number of pyridine rings is 1. The van der Waals surface area contributed by atoms with E-state index in [0.717, 1.165) is 23.0 Å². The first-order valence-corrected chi connectivity index (χ1v) is 8.11. The largest absolute Gasteiger partial charge is 0.492 e. The van der Waals surface area contributed by atoms with Crippen LogP contribution in [0.1, 0.15) is 5.56 Å². The normalized spacial score (nSPS) is 11.2. The van der Waals surface area contributed by atoms with Gasteiger partial charge in [-0.05, 0) is 48.5 Å². The number of hydrogen-bond donors (Lipinski definition) is 2. The number of fused-ring (bicyclic) bond motifs is 1. The molecule has 0 aliphatic rings. The second-order valence-corrected chi connectivity index (χ2v) is 5.66. The fourth-order valence-electron chi connectivity index (χ4n) is 2.39. The van der Waals surface area contributed by atoms with Gasteiger partial charge < -0.3 is 15.4 Å². The number of amides is 2. The molecule has 0 radical (unpaired) electrons. The number of halogens is 3. The number of ether oxygens (including phenoxy) is 1. The molecule has 5 nitrogen and oxygen atoms in total. The van der Waals surface area contributed by atoms with Gasteiger partial charge in [-0.3, -0.25) is 4.98 Å². The highest BCUT2D eigenvalue weighted by Gasteiger charge is 2.29. The van der Waals surface area contributed by atoms with Crippen molar-refractivity contribution in [1.29, 1.82) is 0 Å². The average Bonchev–Trinajstić information content (AvgIpc) is 2.65. The van der Waals surface area contributed by atoms with Crippen molar-refractivity contribution >= 4 is 22.6 Å². The first kappa shape index (κ1) is 18.5. The van der Waals surface area contributed by atoms with Gasteiger partial charge in [-0.25, -0.2) is 4.79 Å². The molecule has 0 aliphatic heterocycles. The molecule has 27 heavy (non-hydrogen) atoms. The Kier molecular flexibility index (Phi) is 5.44. The van der Waals surface area contributed by atoms with E-state index in [9.17, 15) is 18.0 Å². The van der Waals surface area contributed by atoms with Crippen molar-refractivity contribution in [3.63, 3.8) is 0 Å². The maximum absolute atomic E-state index is 12.5. The van der Waals surface area contributed by atoms with Crippen molar-refractivity contribution in [2.45, 2.75) is 6.18 Å². The van der Waals surface area contributed by atoms with Crippen LogP contribution < -0.4 is 15.4 Å². The van der Waals surface area contributed by atoms with Crippen molar-refractivity contribution in [1.82, 2.24) is 10.3 Å². The highest BCUT2D eigenvalue weighted by Crippen LogP contribution is 2.29. The molecule has 3 rings (SSSR count). The molecule has 1 aromatic heterocycles. The minimum Gasteiger partial charge on any atom is -0.492 e. The Morgan fingerprint density at radius 1 is 1.07 bits per heavy atom. The molecule has 140 valence electrons. The van der Waals surface area contributed by atoms with E-state index in [1.165, 1.54) is 12.1 Å². The summed E-state index contributed by atoms with van der Waals surface area (Å²) in [5.41, 5.74) is 0.356. The molecule has 0 atom stereocenters. The maximum atomic E-state index is 12.5. The molecule has 0 unspecified atom stereocenters. The summed E-state index contributed by atoms with van der Waals surface area (Å²) in [6.07, 6.45) is -2.70. The van der Waals surface area contributed by atoms with Crippen LogP contribution in [0.4, 0.5) is 23.7 Å². The lowest BCUT2D eigenvalue weighted by Gasteiger charge is -2.11. The zero-order valence-corrected chi connectivity index (χ0v) is 14.1. The number of nitrogens with zero attached hydrogens (tertiary/aromatic N) is 1. The Morgan fingerprint density at radius 2 is 1.85 bits per heavy atom. The van der Waals surface area contributed by atoms with Gasteiger partial charge in [-0.15, -0.1) is 0 Å². The number of rotatable bonds is 5. The van der Waals surface area contributed by atoms with Crippen LogP contribution in [0.15, 0.2) is 60.8 Å². The zero-order valence-electron chi connectivity index (χ0n) is 14.1. The van der Waals surface area contributed by atoms with Crippen molar-refractivity contribution in [3.05, 3.63) is 66.4 Å². The monoisotopic (exact) mass is 375 g/mol. The molecule has 0 bridgehead atoms. The maximum Gasteiger partial charge on any atom is 0.416 e. The summed E-state index contributed by atoms with van der Waals surface area (Å²) < 4.78 is 43.1. The van der Waals surface area contributed by atoms with E-state index in [4.69, 9.17) is 4.74 Å². The zero-order chi connectivity index (χ0) is 19.3. The molecule has 0 aliphatic carbocycles. The summed E-state index contributed by atoms with van der Waals surface area (Å²) in [6, 6.07) is 12.9. The Morgan fingerprint density at radius 3 is 2.59 bits per heavy atom. The van der Waals surface area contributed by atoms with Crippen molar-refractivity contribution < 1.29 is 22.7 Å². The van der Waals surface area contributed by atoms with Gasteiger partial charge in [-0.1, -0.05) is 6.07 Å². The van der Waals surface area contributed by atoms with Gasteiger partial charge in [0.15, 0.2) is 0 Å². The third-order valence-electron chi connectivity index (χ3n) is 3.70. The summed E-state index contributed by atoms with van der Waals surface area (Å²) in [4.78, 5) is 16.0. The van der Waals surface area contributed by atoms with Crippen molar-refractivity contribution in [3.8, 4) is 5.75 Å². The highest BCUT2D eigenvalue weighted by atomic mass is 19.4. The second-order valence-electron chi connectivity index (χ2n) is 5.66. The lowest BCUT2D eigenvalue weighted by Crippen LogP contribution is -2.32. The third kappa shape index (κ3) is 5.10. The fourth-order valence-corrected chi connectivity index (χ4v) is 2.39. The van der Waals surface area contributed by atoms with Gasteiger partial charge >= 0.3 is 12.2 Å². The molecular formula is C19H16F3N3O2. The molecule has 2 amide bonds. The van der Waals surface area contributed by atoms with E-state index in [2.05, 4.69) is 15.6 Å². The molecule has 1 heterocycles. The topological polar surface area (TPSA) is 63.2 Å². The number of nitrogens with one attached hydrogen (secondary N) is 2. The molecule has 3 aromatic rings.